The second kappa shape index (κ2) is 7.51. The Morgan fingerprint density at radius 1 is 1.38 bits per heavy atom. The molecular weight excluding hydrogens is 218 g/mol. The van der Waals surface area contributed by atoms with Gasteiger partial charge >= 0.3 is 0 Å². The van der Waals surface area contributed by atoms with Gasteiger partial charge in [0.1, 0.15) is 0 Å². The van der Waals surface area contributed by atoms with Crippen LogP contribution in [0.2, 0.25) is 0 Å². The Balaban J connectivity index is 4.19. The lowest BCUT2D eigenvalue weighted by atomic mass is 10.1. The van der Waals surface area contributed by atoms with Gasteiger partial charge in [0, 0.05) is 19.5 Å². The van der Waals surface area contributed by atoms with E-state index in [1.165, 1.54) is 7.05 Å². The molecule has 0 fully saturated rings. The lowest BCUT2D eigenvalue weighted by molar-refractivity contribution is -0.133. The molecule has 4 nitrogen and oxygen atoms in total. The molecule has 0 aliphatic rings. The average molecular weight is 238 g/mol. The molecule has 0 saturated carbocycles. The Bertz CT molecular complexity index is 215. The predicted molar refractivity (Wildman–Crippen MR) is 57.2 cm³/mol. The van der Waals surface area contributed by atoms with E-state index in [1.807, 2.05) is 6.92 Å². The maximum Gasteiger partial charge on any atom is 0.255 e. The lowest BCUT2D eigenvalue weighted by Gasteiger charge is -2.26. The van der Waals surface area contributed by atoms with E-state index in [-0.39, 0.29) is 25.1 Å². The molecule has 0 radical (unpaired) electrons. The molecule has 0 rings (SSSR count). The van der Waals surface area contributed by atoms with Crippen molar-refractivity contribution in [3.8, 4) is 0 Å². The van der Waals surface area contributed by atoms with E-state index in [0.29, 0.717) is 6.42 Å². The van der Waals surface area contributed by atoms with E-state index in [0.717, 1.165) is 4.90 Å². The zero-order valence-electron chi connectivity index (χ0n) is 9.99. The van der Waals surface area contributed by atoms with Crippen molar-refractivity contribution in [2.75, 3.05) is 27.4 Å². The van der Waals surface area contributed by atoms with Gasteiger partial charge in [0.2, 0.25) is 5.91 Å². The third-order valence-electron chi connectivity index (χ3n) is 2.57. The number of aliphatic hydroxyl groups is 1. The lowest BCUT2D eigenvalue weighted by Crippen LogP contribution is -2.39. The topological polar surface area (TPSA) is 43.8 Å². The molecule has 1 unspecified atom stereocenters. The first kappa shape index (κ1) is 15.2. The molecule has 0 aromatic rings. The van der Waals surface area contributed by atoms with E-state index in [4.69, 9.17) is 5.11 Å². The highest BCUT2D eigenvalue weighted by Crippen LogP contribution is 2.08. The van der Waals surface area contributed by atoms with Gasteiger partial charge < -0.3 is 10.0 Å². The summed E-state index contributed by atoms with van der Waals surface area (Å²) >= 11 is 0. The summed E-state index contributed by atoms with van der Waals surface area (Å²) < 4.78 is 24.1. The Morgan fingerprint density at radius 2 is 1.94 bits per heavy atom. The third kappa shape index (κ3) is 5.37. The van der Waals surface area contributed by atoms with E-state index >= 15 is 0 Å². The molecule has 16 heavy (non-hydrogen) atoms. The summed E-state index contributed by atoms with van der Waals surface area (Å²) in [6, 6.07) is -0.113. The van der Waals surface area contributed by atoms with Gasteiger partial charge in [-0.15, -0.1) is 0 Å². The molecule has 1 amide bonds. The van der Waals surface area contributed by atoms with Gasteiger partial charge in [-0.25, -0.2) is 8.78 Å². The summed E-state index contributed by atoms with van der Waals surface area (Å²) in [6.07, 6.45) is -1.67. The molecule has 0 aliphatic heterocycles. The first-order chi connectivity index (χ1) is 7.42. The minimum Gasteiger partial charge on any atom is -0.381 e. The molecule has 0 heterocycles. The Labute approximate surface area is 94.8 Å². The fourth-order valence-electron chi connectivity index (χ4n) is 1.39. The number of carbonyl (C=O) groups excluding carboxylic acids is 1. The van der Waals surface area contributed by atoms with Crippen molar-refractivity contribution in [2.45, 2.75) is 32.2 Å². The molecule has 6 heteroatoms. The first-order valence-corrected chi connectivity index (χ1v) is 5.25. The van der Waals surface area contributed by atoms with Crippen LogP contribution in [0.25, 0.3) is 0 Å². The largest absolute Gasteiger partial charge is 0.381 e. The Hall–Kier alpha value is -0.750. The van der Waals surface area contributed by atoms with Crippen LogP contribution in [-0.2, 0) is 4.79 Å². The molecular formula is C10H20F2N2O2. The van der Waals surface area contributed by atoms with Crippen LogP contribution in [0, 0.1) is 0 Å². The van der Waals surface area contributed by atoms with Crippen molar-refractivity contribution in [2.24, 2.45) is 0 Å². The van der Waals surface area contributed by atoms with Crippen molar-refractivity contribution in [3.63, 3.8) is 0 Å². The maximum absolute atomic E-state index is 12.0. The van der Waals surface area contributed by atoms with Crippen LogP contribution in [0.4, 0.5) is 8.78 Å². The van der Waals surface area contributed by atoms with E-state index in [9.17, 15) is 13.6 Å². The zero-order chi connectivity index (χ0) is 12.7. The van der Waals surface area contributed by atoms with Crippen molar-refractivity contribution in [1.82, 2.24) is 9.80 Å². The molecule has 0 bridgehead atoms. The van der Waals surface area contributed by atoms with Crippen molar-refractivity contribution >= 4 is 5.91 Å². The third-order valence-corrected chi connectivity index (χ3v) is 2.57. The monoisotopic (exact) mass is 238 g/mol. The summed E-state index contributed by atoms with van der Waals surface area (Å²) in [7, 11) is 3.05. The SMILES string of the molecule is CCC(CC(=O)N(C)CC(F)F)N(C)CO. The van der Waals surface area contributed by atoms with Crippen LogP contribution in [0.5, 0.6) is 0 Å². The summed E-state index contributed by atoms with van der Waals surface area (Å²) in [4.78, 5) is 14.2. The zero-order valence-corrected chi connectivity index (χ0v) is 9.99. The van der Waals surface area contributed by atoms with E-state index < -0.39 is 13.0 Å². The standard InChI is InChI=1S/C10H20F2N2O2/c1-4-8(14(3)7-15)5-10(16)13(2)6-9(11)12/h8-9,15H,4-7H2,1-3H3. The number of amides is 1. The molecule has 0 saturated heterocycles. The Morgan fingerprint density at radius 3 is 2.31 bits per heavy atom. The second-order valence-corrected chi connectivity index (χ2v) is 3.83. The molecule has 0 aliphatic carbocycles. The number of alkyl halides is 2. The normalized spacial score (nSPS) is 13.2. The summed E-state index contributed by atoms with van der Waals surface area (Å²) in [5.74, 6) is -0.326. The number of hydrogen-bond acceptors (Lipinski definition) is 3. The maximum atomic E-state index is 12.0. The average Bonchev–Trinajstić information content (AvgIpc) is 2.23. The minimum absolute atomic E-state index is 0.113. The highest BCUT2D eigenvalue weighted by atomic mass is 19.3. The molecule has 96 valence electrons. The van der Waals surface area contributed by atoms with Crippen molar-refractivity contribution in [1.29, 1.82) is 0 Å². The van der Waals surface area contributed by atoms with Crippen molar-refractivity contribution in [3.05, 3.63) is 0 Å². The smallest absolute Gasteiger partial charge is 0.255 e. The summed E-state index contributed by atoms with van der Waals surface area (Å²) in [6.45, 7) is 1.19. The van der Waals surface area contributed by atoms with Crippen LogP contribution in [0.15, 0.2) is 0 Å². The van der Waals surface area contributed by atoms with Crippen LogP contribution in [0.3, 0.4) is 0 Å². The van der Waals surface area contributed by atoms with Crippen LogP contribution in [0.1, 0.15) is 19.8 Å². The van der Waals surface area contributed by atoms with Gasteiger partial charge in [-0.3, -0.25) is 9.69 Å². The molecule has 0 aromatic carbocycles. The quantitative estimate of drug-likeness (QED) is 0.666. The number of hydrogen-bond donors (Lipinski definition) is 1. The molecule has 1 N–H and O–H groups in total. The number of carbonyl (C=O) groups is 1. The van der Waals surface area contributed by atoms with E-state index in [1.54, 1.807) is 11.9 Å². The van der Waals surface area contributed by atoms with Gasteiger partial charge in [0.05, 0.1) is 13.3 Å². The minimum atomic E-state index is -2.51. The van der Waals surface area contributed by atoms with Crippen LogP contribution < -0.4 is 0 Å². The Kier molecular flexibility index (Phi) is 7.16. The predicted octanol–water partition coefficient (Wildman–Crippen LogP) is 0.760. The van der Waals surface area contributed by atoms with Crippen LogP contribution in [-0.4, -0.2) is 60.7 Å². The van der Waals surface area contributed by atoms with Crippen molar-refractivity contribution < 1.29 is 18.7 Å². The summed E-state index contributed by atoms with van der Waals surface area (Å²) in [5.41, 5.74) is 0. The van der Waals surface area contributed by atoms with Gasteiger partial charge in [-0.05, 0) is 13.5 Å². The second-order valence-electron chi connectivity index (χ2n) is 3.83. The van der Waals surface area contributed by atoms with Gasteiger partial charge in [0.25, 0.3) is 6.43 Å². The molecule has 0 aromatic heterocycles. The van der Waals surface area contributed by atoms with Gasteiger partial charge in [-0.2, -0.15) is 0 Å². The van der Waals surface area contributed by atoms with Gasteiger partial charge in [-0.1, -0.05) is 6.92 Å². The van der Waals surface area contributed by atoms with Gasteiger partial charge in [0.15, 0.2) is 0 Å². The summed E-state index contributed by atoms with van der Waals surface area (Å²) in [5, 5.41) is 8.91. The molecule has 1 atom stereocenters. The highest BCUT2D eigenvalue weighted by Gasteiger charge is 2.20. The number of halogens is 2. The number of aliphatic hydroxyl groups excluding tert-OH is 1. The van der Waals surface area contributed by atoms with E-state index in [2.05, 4.69) is 0 Å². The number of rotatable bonds is 7. The highest BCUT2D eigenvalue weighted by molar-refractivity contribution is 5.76. The molecule has 0 spiro atoms. The van der Waals surface area contributed by atoms with Crippen LogP contribution >= 0.6 is 0 Å². The fourth-order valence-corrected chi connectivity index (χ4v) is 1.39. The first-order valence-electron chi connectivity index (χ1n) is 5.25. The fraction of sp³-hybridized carbons (Fsp3) is 0.900. The number of nitrogens with zero attached hydrogens (tertiary/aromatic N) is 2.